The molecule has 3 nitrogen and oxygen atoms in total. The van der Waals surface area contributed by atoms with Crippen molar-refractivity contribution in [2.24, 2.45) is 0 Å². The SMILES string of the molecule is Cc1cc(C(C)(C)C)nc(CCC#N)n1. The van der Waals surface area contributed by atoms with Crippen LogP contribution in [0.2, 0.25) is 0 Å². The first-order valence-corrected chi connectivity index (χ1v) is 5.15. The van der Waals surface area contributed by atoms with Gasteiger partial charge in [0.25, 0.3) is 0 Å². The lowest BCUT2D eigenvalue weighted by molar-refractivity contribution is 0.560. The second-order valence-electron chi connectivity index (χ2n) is 4.72. The third kappa shape index (κ3) is 3.32. The van der Waals surface area contributed by atoms with E-state index in [0.29, 0.717) is 12.8 Å². The van der Waals surface area contributed by atoms with Gasteiger partial charge in [0.1, 0.15) is 5.82 Å². The Morgan fingerprint density at radius 1 is 1.33 bits per heavy atom. The van der Waals surface area contributed by atoms with Gasteiger partial charge in [-0.1, -0.05) is 20.8 Å². The molecule has 1 rings (SSSR count). The largest absolute Gasteiger partial charge is 0.238 e. The van der Waals surface area contributed by atoms with E-state index in [1.165, 1.54) is 0 Å². The van der Waals surface area contributed by atoms with E-state index >= 15 is 0 Å². The Hall–Kier alpha value is -1.43. The molecule has 0 saturated heterocycles. The monoisotopic (exact) mass is 203 g/mol. The lowest BCUT2D eigenvalue weighted by Gasteiger charge is -2.18. The molecule has 0 atom stereocenters. The normalized spacial score (nSPS) is 11.1. The summed E-state index contributed by atoms with van der Waals surface area (Å²) in [4.78, 5) is 8.80. The highest BCUT2D eigenvalue weighted by Crippen LogP contribution is 2.20. The Morgan fingerprint density at radius 2 is 2.00 bits per heavy atom. The highest BCUT2D eigenvalue weighted by Gasteiger charge is 2.16. The van der Waals surface area contributed by atoms with Crippen LogP contribution in [-0.4, -0.2) is 9.97 Å². The Labute approximate surface area is 91.2 Å². The second-order valence-corrected chi connectivity index (χ2v) is 4.72. The minimum absolute atomic E-state index is 0.0368. The van der Waals surface area contributed by atoms with Crippen LogP contribution < -0.4 is 0 Å². The Bertz CT molecular complexity index is 383. The van der Waals surface area contributed by atoms with Gasteiger partial charge >= 0.3 is 0 Å². The van der Waals surface area contributed by atoms with Crippen molar-refractivity contribution >= 4 is 0 Å². The summed E-state index contributed by atoms with van der Waals surface area (Å²) in [5.74, 6) is 0.779. The number of aromatic nitrogens is 2. The van der Waals surface area contributed by atoms with Crippen molar-refractivity contribution < 1.29 is 0 Å². The van der Waals surface area contributed by atoms with Crippen molar-refractivity contribution in [1.29, 1.82) is 5.26 Å². The van der Waals surface area contributed by atoms with Gasteiger partial charge in [0.05, 0.1) is 6.07 Å². The standard InChI is InChI=1S/C12H17N3/c1-9-8-10(12(2,3)4)15-11(14-9)6-5-7-13/h8H,5-6H2,1-4H3. The molecular weight excluding hydrogens is 186 g/mol. The summed E-state index contributed by atoms with van der Waals surface area (Å²) in [7, 11) is 0. The van der Waals surface area contributed by atoms with Gasteiger partial charge in [-0.15, -0.1) is 0 Å². The van der Waals surface area contributed by atoms with Crippen molar-refractivity contribution in [3.05, 3.63) is 23.3 Å². The molecule has 0 saturated carbocycles. The number of aryl methyl sites for hydroxylation is 2. The molecule has 3 heteroatoms. The van der Waals surface area contributed by atoms with Crippen LogP contribution in [0.25, 0.3) is 0 Å². The number of rotatable bonds is 2. The quantitative estimate of drug-likeness (QED) is 0.742. The summed E-state index contributed by atoms with van der Waals surface area (Å²) in [6.07, 6.45) is 1.12. The maximum atomic E-state index is 8.52. The summed E-state index contributed by atoms with van der Waals surface area (Å²) in [6, 6.07) is 4.12. The van der Waals surface area contributed by atoms with Crippen LogP contribution in [0.5, 0.6) is 0 Å². The van der Waals surface area contributed by atoms with Crippen molar-refractivity contribution in [3.8, 4) is 6.07 Å². The van der Waals surface area contributed by atoms with Crippen LogP contribution >= 0.6 is 0 Å². The molecule has 0 N–H and O–H groups in total. The van der Waals surface area contributed by atoms with Gasteiger partial charge in [0, 0.05) is 29.6 Å². The van der Waals surface area contributed by atoms with Crippen LogP contribution in [0, 0.1) is 18.3 Å². The number of nitriles is 1. The van der Waals surface area contributed by atoms with E-state index in [-0.39, 0.29) is 5.41 Å². The topological polar surface area (TPSA) is 49.6 Å². The van der Waals surface area contributed by atoms with Gasteiger partial charge in [-0.2, -0.15) is 5.26 Å². The Morgan fingerprint density at radius 3 is 2.53 bits per heavy atom. The Balaban J connectivity index is 3.01. The lowest BCUT2D eigenvalue weighted by Crippen LogP contribution is -2.16. The molecule has 1 aromatic heterocycles. The summed E-state index contributed by atoms with van der Waals surface area (Å²) < 4.78 is 0. The summed E-state index contributed by atoms with van der Waals surface area (Å²) in [6.45, 7) is 8.35. The molecule has 0 aromatic carbocycles. The van der Waals surface area contributed by atoms with Gasteiger partial charge in [-0.05, 0) is 13.0 Å². The van der Waals surface area contributed by atoms with Crippen LogP contribution in [0.1, 0.15) is 44.4 Å². The van der Waals surface area contributed by atoms with Gasteiger partial charge in [0.15, 0.2) is 0 Å². The molecule has 0 bridgehead atoms. The van der Waals surface area contributed by atoms with Crippen molar-refractivity contribution in [2.45, 2.75) is 46.0 Å². The number of nitrogens with zero attached hydrogens (tertiary/aromatic N) is 3. The first-order chi connectivity index (χ1) is 6.93. The fourth-order valence-electron chi connectivity index (χ4n) is 1.29. The molecule has 0 fully saturated rings. The van der Waals surface area contributed by atoms with E-state index < -0.39 is 0 Å². The van der Waals surface area contributed by atoms with Crippen molar-refractivity contribution in [1.82, 2.24) is 9.97 Å². The highest BCUT2D eigenvalue weighted by molar-refractivity contribution is 5.17. The fourth-order valence-corrected chi connectivity index (χ4v) is 1.29. The van der Waals surface area contributed by atoms with E-state index in [1.54, 1.807) is 0 Å². The molecule has 0 radical (unpaired) electrons. The zero-order valence-electron chi connectivity index (χ0n) is 9.83. The lowest BCUT2D eigenvalue weighted by atomic mass is 9.91. The second kappa shape index (κ2) is 4.39. The highest BCUT2D eigenvalue weighted by atomic mass is 14.9. The van der Waals surface area contributed by atoms with Crippen molar-refractivity contribution in [3.63, 3.8) is 0 Å². The first-order valence-electron chi connectivity index (χ1n) is 5.15. The van der Waals surface area contributed by atoms with Crippen LogP contribution in [0.4, 0.5) is 0 Å². The molecule has 0 amide bonds. The molecule has 1 aromatic rings. The minimum atomic E-state index is 0.0368. The average Bonchev–Trinajstić information content (AvgIpc) is 2.12. The van der Waals surface area contributed by atoms with Crippen LogP contribution in [0.15, 0.2) is 6.07 Å². The molecular formula is C12H17N3. The summed E-state index contributed by atoms with van der Waals surface area (Å²) >= 11 is 0. The van der Waals surface area contributed by atoms with E-state index in [0.717, 1.165) is 17.2 Å². The maximum absolute atomic E-state index is 8.52. The third-order valence-corrected chi connectivity index (χ3v) is 2.13. The zero-order chi connectivity index (χ0) is 11.5. The maximum Gasteiger partial charge on any atom is 0.129 e. The number of hydrogen-bond donors (Lipinski definition) is 0. The van der Waals surface area contributed by atoms with Crippen LogP contribution in [0.3, 0.4) is 0 Å². The number of hydrogen-bond acceptors (Lipinski definition) is 3. The average molecular weight is 203 g/mol. The molecule has 15 heavy (non-hydrogen) atoms. The molecule has 0 unspecified atom stereocenters. The first kappa shape index (κ1) is 11.6. The molecule has 0 aliphatic heterocycles. The molecule has 0 aliphatic carbocycles. The van der Waals surface area contributed by atoms with E-state index in [2.05, 4.69) is 36.8 Å². The van der Waals surface area contributed by atoms with Gasteiger partial charge in [-0.3, -0.25) is 0 Å². The van der Waals surface area contributed by atoms with Crippen LogP contribution in [-0.2, 0) is 11.8 Å². The zero-order valence-corrected chi connectivity index (χ0v) is 9.83. The smallest absolute Gasteiger partial charge is 0.129 e. The van der Waals surface area contributed by atoms with E-state index in [9.17, 15) is 0 Å². The molecule has 0 aliphatic rings. The van der Waals surface area contributed by atoms with E-state index in [1.807, 2.05) is 13.0 Å². The summed E-state index contributed by atoms with van der Waals surface area (Å²) in [5.41, 5.74) is 2.06. The summed E-state index contributed by atoms with van der Waals surface area (Å²) in [5, 5.41) is 8.52. The van der Waals surface area contributed by atoms with Gasteiger partial charge in [0.2, 0.25) is 0 Å². The van der Waals surface area contributed by atoms with Gasteiger partial charge < -0.3 is 0 Å². The molecule has 1 heterocycles. The molecule has 0 spiro atoms. The third-order valence-electron chi connectivity index (χ3n) is 2.13. The molecule has 80 valence electrons. The predicted molar refractivity (Wildman–Crippen MR) is 59.4 cm³/mol. The van der Waals surface area contributed by atoms with E-state index in [4.69, 9.17) is 5.26 Å². The van der Waals surface area contributed by atoms with Gasteiger partial charge in [-0.25, -0.2) is 9.97 Å². The Kier molecular flexibility index (Phi) is 3.41. The van der Waals surface area contributed by atoms with Crippen molar-refractivity contribution in [2.75, 3.05) is 0 Å². The minimum Gasteiger partial charge on any atom is -0.238 e. The fraction of sp³-hybridized carbons (Fsp3) is 0.583. The predicted octanol–water partition coefficient (Wildman–Crippen LogP) is 2.54.